The van der Waals surface area contributed by atoms with E-state index < -0.39 is 0 Å². The maximum Gasteiger partial charge on any atom is 0.291 e. The van der Waals surface area contributed by atoms with Crippen LogP contribution in [0.1, 0.15) is 44.6 Å². The van der Waals surface area contributed by atoms with Gasteiger partial charge in [-0.3, -0.25) is 4.79 Å². The van der Waals surface area contributed by atoms with Gasteiger partial charge in [-0.2, -0.15) is 9.50 Å². The van der Waals surface area contributed by atoms with Gasteiger partial charge in [-0.1, -0.05) is 73.2 Å². The topological polar surface area (TPSA) is 65.7 Å². The summed E-state index contributed by atoms with van der Waals surface area (Å²) in [5.41, 5.74) is 1.21. The van der Waals surface area contributed by atoms with E-state index in [1.165, 1.54) is 35.1 Å². The second-order valence-electron chi connectivity index (χ2n) is 7.84. The summed E-state index contributed by atoms with van der Waals surface area (Å²) in [6, 6.07) is 10.7. The van der Waals surface area contributed by atoms with Crippen molar-refractivity contribution in [2.24, 2.45) is 0 Å². The van der Waals surface area contributed by atoms with Crippen molar-refractivity contribution >= 4 is 45.6 Å². The van der Waals surface area contributed by atoms with E-state index in [-0.39, 0.29) is 5.56 Å². The van der Waals surface area contributed by atoms with Gasteiger partial charge in [0.25, 0.3) is 5.56 Å². The largest absolute Gasteiger partial charge is 0.493 e. The Morgan fingerprint density at radius 1 is 1.06 bits per heavy atom. The van der Waals surface area contributed by atoms with Crippen LogP contribution in [-0.4, -0.2) is 28.3 Å². The number of unbranched alkanes of at least 4 members (excludes halogenated alkanes) is 4. The van der Waals surface area contributed by atoms with E-state index in [1.54, 1.807) is 31.4 Å². The van der Waals surface area contributed by atoms with Gasteiger partial charge in [-0.25, -0.2) is 0 Å². The Morgan fingerprint density at radius 2 is 1.88 bits per heavy atom. The minimum atomic E-state index is -0.241. The van der Waals surface area contributed by atoms with Gasteiger partial charge in [-0.05, 0) is 48.4 Å². The fraction of sp³-hybridized carbons (Fsp3) is 0.320. The van der Waals surface area contributed by atoms with Crippen LogP contribution in [0.2, 0.25) is 10.0 Å². The molecule has 0 N–H and O–H groups in total. The highest BCUT2D eigenvalue weighted by Crippen LogP contribution is 2.30. The van der Waals surface area contributed by atoms with Crippen LogP contribution in [0, 0.1) is 0 Å². The van der Waals surface area contributed by atoms with Crippen molar-refractivity contribution in [2.45, 2.75) is 39.0 Å². The number of fused-ring (bicyclic) bond motifs is 1. The van der Waals surface area contributed by atoms with Crippen LogP contribution in [0.5, 0.6) is 11.5 Å². The highest BCUT2D eigenvalue weighted by Gasteiger charge is 2.15. The number of nitrogens with zero attached hydrogens (tertiary/aromatic N) is 3. The maximum atomic E-state index is 12.9. The monoisotopic (exact) mass is 517 g/mol. The van der Waals surface area contributed by atoms with Crippen LogP contribution in [0.25, 0.3) is 22.4 Å². The van der Waals surface area contributed by atoms with E-state index >= 15 is 0 Å². The molecule has 0 saturated heterocycles. The lowest BCUT2D eigenvalue weighted by molar-refractivity contribution is 0.285. The Balaban J connectivity index is 1.54. The molecule has 0 unspecified atom stereocenters. The first-order valence-corrected chi connectivity index (χ1v) is 12.7. The zero-order valence-electron chi connectivity index (χ0n) is 19.0. The Kier molecular flexibility index (Phi) is 8.08. The summed E-state index contributed by atoms with van der Waals surface area (Å²) in [5, 5.41) is 5.31. The smallest absolute Gasteiger partial charge is 0.291 e. The van der Waals surface area contributed by atoms with Crippen molar-refractivity contribution in [3.05, 3.63) is 66.9 Å². The predicted molar refractivity (Wildman–Crippen MR) is 139 cm³/mol. The van der Waals surface area contributed by atoms with Gasteiger partial charge in [-0.15, -0.1) is 5.10 Å². The number of rotatable bonds is 10. The molecule has 2 aromatic heterocycles. The average molecular weight is 518 g/mol. The average Bonchev–Trinajstić information content (AvgIpc) is 3.35. The van der Waals surface area contributed by atoms with Crippen molar-refractivity contribution in [3.8, 4) is 22.9 Å². The number of ether oxygens (including phenoxy) is 2. The Morgan fingerprint density at radius 3 is 2.62 bits per heavy atom. The van der Waals surface area contributed by atoms with E-state index in [4.69, 9.17) is 32.7 Å². The number of methoxy groups -OCH3 is 1. The number of thiazole rings is 1. The normalized spacial score (nSPS) is 11.9. The molecule has 0 aliphatic rings. The molecular weight excluding hydrogens is 493 g/mol. The van der Waals surface area contributed by atoms with Crippen LogP contribution >= 0.6 is 34.5 Å². The molecule has 4 rings (SSSR count). The second kappa shape index (κ2) is 11.2. The third-order valence-electron chi connectivity index (χ3n) is 5.34. The van der Waals surface area contributed by atoms with E-state index in [0.717, 1.165) is 18.4 Å². The van der Waals surface area contributed by atoms with Gasteiger partial charge in [0, 0.05) is 10.6 Å². The fourth-order valence-electron chi connectivity index (χ4n) is 3.55. The van der Waals surface area contributed by atoms with Crippen molar-refractivity contribution in [3.63, 3.8) is 0 Å². The highest BCUT2D eigenvalue weighted by molar-refractivity contribution is 7.15. The molecule has 0 spiro atoms. The zero-order valence-corrected chi connectivity index (χ0v) is 21.3. The number of aromatic nitrogens is 3. The SMILES string of the molecule is CCCCCCCOc1ccc(C=c2sc3nc(-c4ccc(Cl)cc4Cl)nn3c2=O)cc1OC. The Labute approximate surface area is 211 Å². The summed E-state index contributed by atoms with van der Waals surface area (Å²) in [5.74, 6) is 1.72. The molecule has 4 aromatic rings. The van der Waals surface area contributed by atoms with Crippen LogP contribution in [-0.2, 0) is 0 Å². The van der Waals surface area contributed by atoms with Crippen LogP contribution < -0.4 is 19.6 Å². The molecule has 9 heteroatoms. The molecule has 2 aromatic carbocycles. The first kappa shape index (κ1) is 24.5. The quantitative estimate of drug-likeness (QED) is 0.240. The standard InChI is InChI=1S/C25H25Cl2N3O3S/c1-3-4-5-6-7-12-33-20-11-8-16(13-21(20)32-2)14-22-24(31)30-25(34-22)28-23(29-30)18-10-9-17(26)15-19(18)27/h8-11,13-15H,3-7,12H2,1-2H3. The molecule has 0 radical (unpaired) electrons. The first-order chi connectivity index (χ1) is 16.5. The summed E-state index contributed by atoms with van der Waals surface area (Å²) < 4.78 is 13.2. The molecule has 0 saturated carbocycles. The Bertz CT molecular complexity index is 1400. The van der Waals surface area contributed by atoms with Crippen molar-refractivity contribution < 1.29 is 9.47 Å². The molecule has 0 fully saturated rings. The number of hydrogen-bond donors (Lipinski definition) is 0. The fourth-order valence-corrected chi connectivity index (χ4v) is 4.95. The molecule has 0 aliphatic carbocycles. The lowest BCUT2D eigenvalue weighted by Crippen LogP contribution is -2.23. The van der Waals surface area contributed by atoms with Crippen LogP contribution in [0.3, 0.4) is 0 Å². The summed E-state index contributed by atoms with van der Waals surface area (Å²) in [7, 11) is 1.61. The van der Waals surface area contributed by atoms with Crippen LogP contribution in [0.15, 0.2) is 41.2 Å². The van der Waals surface area contributed by atoms with E-state index in [1.807, 2.05) is 18.2 Å². The molecule has 0 aliphatic heterocycles. The minimum Gasteiger partial charge on any atom is -0.493 e. The lowest BCUT2D eigenvalue weighted by atomic mass is 10.1. The summed E-state index contributed by atoms with van der Waals surface area (Å²) >= 11 is 13.5. The van der Waals surface area contributed by atoms with Gasteiger partial charge in [0.2, 0.25) is 4.96 Å². The predicted octanol–water partition coefficient (Wildman–Crippen LogP) is 6.03. The number of hydrogen-bond acceptors (Lipinski definition) is 6. The van der Waals surface area contributed by atoms with Gasteiger partial charge >= 0.3 is 0 Å². The molecule has 6 nitrogen and oxygen atoms in total. The molecule has 0 bridgehead atoms. The number of benzene rings is 2. The molecule has 34 heavy (non-hydrogen) atoms. The molecule has 178 valence electrons. The molecular formula is C25H25Cl2N3O3S. The minimum absolute atomic E-state index is 0.241. The third-order valence-corrected chi connectivity index (χ3v) is 6.85. The summed E-state index contributed by atoms with van der Waals surface area (Å²) in [6.45, 7) is 2.86. The first-order valence-electron chi connectivity index (χ1n) is 11.2. The van der Waals surface area contributed by atoms with Gasteiger partial charge in [0.1, 0.15) is 0 Å². The van der Waals surface area contributed by atoms with Gasteiger partial charge in [0.05, 0.1) is 23.3 Å². The van der Waals surface area contributed by atoms with Gasteiger partial charge < -0.3 is 9.47 Å². The second-order valence-corrected chi connectivity index (χ2v) is 9.70. The summed E-state index contributed by atoms with van der Waals surface area (Å²) in [6.07, 6.45) is 7.69. The molecule has 0 atom stereocenters. The van der Waals surface area contributed by atoms with E-state index in [0.29, 0.717) is 49.0 Å². The maximum absolute atomic E-state index is 12.9. The lowest BCUT2D eigenvalue weighted by Gasteiger charge is -2.11. The third kappa shape index (κ3) is 5.54. The van der Waals surface area contributed by atoms with Crippen LogP contribution in [0.4, 0.5) is 0 Å². The molecule has 2 heterocycles. The van der Waals surface area contributed by atoms with E-state index in [2.05, 4.69) is 17.0 Å². The van der Waals surface area contributed by atoms with Crippen molar-refractivity contribution in [1.29, 1.82) is 0 Å². The summed E-state index contributed by atoms with van der Waals surface area (Å²) in [4.78, 5) is 17.9. The van der Waals surface area contributed by atoms with Crippen molar-refractivity contribution in [2.75, 3.05) is 13.7 Å². The number of halogens is 2. The molecule has 0 amide bonds. The van der Waals surface area contributed by atoms with Gasteiger partial charge in [0.15, 0.2) is 17.3 Å². The van der Waals surface area contributed by atoms with Crippen molar-refractivity contribution in [1.82, 2.24) is 14.6 Å². The Hall–Kier alpha value is -2.61. The highest BCUT2D eigenvalue weighted by atomic mass is 35.5. The van der Waals surface area contributed by atoms with E-state index in [9.17, 15) is 4.79 Å². The zero-order chi connectivity index (χ0) is 24.1.